The monoisotopic (exact) mass is 475 g/mol. The minimum atomic E-state index is -0.387. The van der Waals surface area contributed by atoms with Crippen molar-refractivity contribution >= 4 is 12.2 Å². The number of fused-ring (bicyclic) bond motifs is 3. The van der Waals surface area contributed by atoms with Gasteiger partial charge in [-0.15, -0.1) is 0 Å². The van der Waals surface area contributed by atoms with Crippen molar-refractivity contribution in [3.05, 3.63) is 131 Å². The molecule has 1 N–H and O–H groups in total. The van der Waals surface area contributed by atoms with Gasteiger partial charge in [0, 0.05) is 12.5 Å². The van der Waals surface area contributed by atoms with Gasteiger partial charge in [0.05, 0.1) is 0 Å². The fraction of sp³-hybridized carbons (Fsp3) is 0.156. The van der Waals surface area contributed by atoms with Crippen LogP contribution >= 0.6 is 0 Å². The Balaban J connectivity index is 1.06. The molecular weight excluding hydrogens is 446 g/mol. The van der Waals surface area contributed by atoms with Gasteiger partial charge in [0.15, 0.2) is 0 Å². The van der Waals surface area contributed by atoms with Crippen LogP contribution in [0.2, 0.25) is 0 Å². The van der Waals surface area contributed by atoms with Gasteiger partial charge in [-0.05, 0) is 51.9 Å². The molecule has 0 heterocycles. The van der Waals surface area contributed by atoms with Crippen LogP contribution in [0.5, 0.6) is 5.75 Å². The number of ether oxygens (including phenoxy) is 2. The van der Waals surface area contributed by atoms with E-state index in [0.717, 1.165) is 16.9 Å². The lowest BCUT2D eigenvalue weighted by molar-refractivity contribution is 0.143. The van der Waals surface area contributed by atoms with Crippen molar-refractivity contribution in [3.63, 3.8) is 0 Å². The second-order valence-electron chi connectivity index (χ2n) is 8.79. The molecule has 36 heavy (non-hydrogen) atoms. The Labute approximate surface area is 212 Å². The molecule has 180 valence electrons. The van der Waals surface area contributed by atoms with Crippen LogP contribution in [0.1, 0.15) is 34.6 Å². The lowest BCUT2D eigenvalue weighted by Crippen LogP contribution is -2.26. The van der Waals surface area contributed by atoms with Gasteiger partial charge in [0.1, 0.15) is 19.0 Å². The van der Waals surface area contributed by atoms with Crippen LogP contribution in [0.15, 0.2) is 109 Å². The number of carbonyl (C=O) groups excluding carboxylic acids is 1. The molecule has 0 radical (unpaired) electrons. The zero-order valence-electron chi connectivity index (χ0n) is 20.1. The first-order valence-electron chi connectivity index (χ1n) is 12.3. The first-order valence-corrected chi connectivity index (χ1v) is 12.3. The maximum Gasteiger partial charge on any atom is 0.407 e. The van der Waals surface area contributed by atoms with Crippen molar-refractivity contribution in [1.29, 1.82) is 0 Å². The van der Waals surface area contributed by atoms with Crippen LogP contribution in [0.3, 0.4) is 0 Å². The van der Waals surface area contributed by atoms with E-state index in [-0.39, 0.29) is 12.0 Å². The van der Waals surface area contributed by atoms with Crippen LogP contribution in [0.25, 0.3) is 17.2 Å². The number of nitrogens with one attached hydrogen (secondary N) is 1. The summed E-state index contributed by atoms with van der Waals surface area (Å²) in [6, 6.07) is 34.8. The summed E-state index contributed by atoms with van der Waals surface area (Å²) in [7, 11) is 0. The second-order valence-corrected chi connectivity index (χ2v) is 8.79. The molecule has 0 saturated carbocycles. The molecule has 0 aliphatic heterocycles. The summed E-state index contributed by atoms with van der Waals surface area (Å²) in [5, 5.41) is 2.85. The summed E-state index contributed by atoms with van der Waals surface area (Å²) in [4.78, 5) is 12.3. The van der Waals surface area contributed by atoms with Gasteiger partial charge in [-0.2, -0.15) is 0 Å². The Morgan fingerprint density at radius 3 is 2.25 bits per heavy atom. The average Bonchev–Trinajstić information content (AvgIpc) is 3.25. The van der Waals surface area contributed by atoms with Crippen LogP contribution < -0.4 is 10.1 Å². The largest absolute Gasteiger partial charge is 0.489 e. The topological polar surface area (TPSA) is 47.6 Å². The molecule has 0 unspecified atom stereocenters. The molecule has 0 bridgehead atoms. The fourth-order valence-corrected chi connectivity index (χ4v) is 4.58. The number of alkyl carbamates (subject to hydrolysis) is 1. The molecule has 1 amide bonds. The minimum Gasteiger partial charge on any atom is -0.489 e. The zero-order valence-corrected chi connectivity index (χ0v) is 20.1. The van der Waals surface area contributed by atoms with E-state index in [2.05, 4.69) is 29.6 Å². The normalized spacial score (nSPS) is 12.2. The molecule has 1 aliphatic carbocycles. The molecule has 0 saturated heterocycles. The van der Waals surface area contributed by atoms with Gasteiger partial charge in [-0.1, -0.05) is 103 Å². The van der Waals surface area contributed by atoms with Crippen molar-refractivity contribution in [3.8, 4) is 16.9 Å². The quantitative estimate of drug-likeness (QED) is 0.260. The van der Waals surface area contributed by atoms with E-state index in [0.29, 0.717) is 26.2 Å². The van der Waals surface area contributed by atoms with Crippen molar-refractivity contribution in [2.75, 3.05) is 13.2 Å². The fourth-order valence-electron chi connectivity index (χ4n) is 4.58. The Bertz CT molecular complexity index is 1300. The SMILES string of the molecule is O=C(NCCC=Cc1cccc(OCc2ccccc2)c1)OCC1c2ccccc2-c2ccccc21. The number of carbonyl (C=O) groups is 1. The third kappa shape index (κ3) is 5.66. The number of hydrogen-bond acceptors (Lipinski definition) is 3. The lowest BCUT2D eigenvalue weighted by atomic mass is 9.98. The van der Waals surface area contributed by atoms with E-state index in [1.165, 1.54) is 22.3 Å². The first-order chi connectivity index (χ1) is 17.8. The van der Waals surface area contributed by atoms with Gasteiger partial charge >= 0.3 is 6.09 Å². The zero-order chi connectivity index (χ0) is 24.6. The van der Waals surface area contributed by atoms with Crippen molar-refractivity contribution in [1.82, 2.24) is 5.32 Å². The van der Waals surface area contributed by atoms with Gasteiger partial charge in [-0.3, -0.25) is 0 Å². The standard InChI is InChI=1S/C32H29NO3/c34-32(36-23-31-29-18-6-4-16-27(29)28-17-5-7-19-30(28)31)33-20-9-8-11-24-14-10-15-26(21-24)35-22-25-12-2-1-3-13-25/h1-8,10-19,21,31H,9,20,22-23H2,(H,33,34). The van der Waals surface area contributed by atoms with E-state index in [1.54, 1.807) is 0 Å². The maximum atomic E-state index is 12.3. The van der Waals surface area contributed by atoms with E-state index in [1.807, 2.05) is 91.0 Å². The molecule has 5 rings (SSSR count). The van der Waals surface area contributed by atoms with Crippen molar-refractivity contribution in [2.24, 2.45) is 0 Å². The maximum absolute atomic E-state index is 12.3. The minimum absolute atomic E-state index is 0.0689. The number of hydrogen-bond donors (Lipinski definition) is 1. The summed E-state index contributed by atoms with van der Waals surface area (Å²) >= 11 is 0. The average molecular weight is 476 g/mol. The highest BCUT2D eigenvalue weighted by Gasteiger charge is 2.28. The van der Waals surface area contributed by atoms with Gasteiger partial charge in [0.25, 0.3) is 0 Å². The van der Waals surface area contributed by atoms with Crippen LogP contribution in [-0.4, -0.2) is 19.2 Å². The summed E-state index contributed by atoms with van der Waals surface area (Å²) in [5.74, 6) is 0.900. The summed E-state index contributed by atoms with van der Waals surface area (Å²) in [5.41, 5.74) is 7.07. The first kappa shape index (κ1) is 23.4. The predicted octanol–water partition coefficient (Wildman–Crippen LogP) is 7.21. The summed E-state index contributed by atoms with van der Waals surface area (Å²) in [6.45, 7) is 1.38. The Kier molecular flexibility index (Phi) is 7.43. The molecule has 0 aromatic heterocycles. The molecule has 4 aromatic rings. The lowest BCUT2D eigenvalue weighted by Gasteiger charge is -2.14. The predicted molar refractivity (Wildman–Crippen MR) is 144 cm³/mol. The number of amides is 1. The highest BCUT2D eigenvalue weighted by Crippen LogP contribution is 2.44. The van der Waals surface area contributed by atoms with Crippen LogP contribution in [0, 0.1) is 0 Å². The molecule has 1 aliphatic rings. The molecule has 4 heteroatoms. The van der Waals surface area contributed by atoms with Gasteiger partial charge in [0.2, 0.25) is 0 Å². The third-order valence-corrected chi connectivity index (χ3v) is 6.34. The smallest absolute Gasteiger partial charge is 0.407 e. The van der Waals surface area contributed by atoms with Crippen molar-refractivity contribution in [2.45, 2.75) is 18.9 Å². The highest BCUT2D eigenvalue weighted by atomic mass is 16.5. The third-order valence-electron chi connectivity index (χ3n) is 6.34. The highest BCUT2D eigenvalue weighted by molar-refractivity contribution is 5.79. The Morgan fingerprint density at radius 1 is 0.806 bits per heavy atom. The molecular formula is C32H29NO3. The molecule has 0 atom stereocenters. The molecule has 4 aromatic carbocycles. The summed E-state index contributed by atoms with van der Waals surface area (Å²) in [6.07, 6.45) is 4.40. The summed E-state index contributed by atoms with van der Waals surface area (Å²) < 4.78 is 11.5. The van der Waals surface area contributed by atoms with E-state index < -0.39 is 0 Å². The number of rotatable bonds is 9. The van der Waals surface area contributed by atoms with E-state index >= 15 is 0 Å². The van der Waals surface area contributed by atoms with E-state index in [4.69, 9.17) is 9.47 Å². The van der Waals surface area contributed by atoms with Gasteiger partial charge < -0.3 is 14.8 Å². The van der Waals surface area contributed by atoms with E-state index in [9.17, 15) is 4.79 Å². The van der Waals surface area contributed by atoms with Gasteiger partial charge in [-0.25, -0.2) is 4.79 Å². The molecule has 0 spiro atoms. The van der Waals surface area contributed by atoms with Crippen molar-refractivity contribution < 1.29 is 14.3 Å². The number of benzene rings is 4. The second kappa shape index (κ2) is 11.4. The molecule has 0 fully saturated rings. The Hall–Kier alpha value is -4.31. The Morgan fingerprint density at radius 2 is 1.50 bits per heavy atom. The molecule has 4 nitrogen and oxygen atoms in total. The van der Waals surface area contributed by atoms with Crippen LogP contribution in [0.4, 0.5) is 4.79 Å². The van der Waals surface area contributed by atoms with Crippen LogP contribution in [-0.2, 0) is 11.3 Å².